The fourth-order valence-electron chi connectivity index (χ4n) is 1.85. The maximum absolute atomic E-state index is 6.03. The predicted molar refractivity (Wildman–Crippen MR) is 72.1 cm³/mol. The predicted octanol–water partition coefficient (Wildman–Crippen LogP) is 4.68. The van der Waals surface area contributed by atoms with Crippen LogP contribution in [0.3, 0.4) is 0 Å². The summed E-state index contributed by atoms with van der Waals surface area (Å²) in [6, 6.07) is 0. The Bertz CT molecular complexity index is 465. The van der Waals surface area contributed by atoms with E-state index in [1.165, 1.54) is 4.88 Å². The highest BCUT2D eigenvalue weighted by Crippen LogP contribution is 2.48. The van der Waals surface area contributed by atoms with Crippen molar-refractivity contribution >= 4 is 29.0 Å². The van der Waals surface area contributed by atoms with Gasteiger partial charge < -0.3 is 0 Å². The van der Waals surface area contributed by atoms with Crippen LogP contribution in [-0.2, 0) is 5.41 Å². The van der Waals surface area contributed by atoms with Gasteiger partial charge in [-0.25, -0.2) is 4.98 Å². The lowest BCUT2D eigenvalue weighted by molar-refractivity contribution is 0.262. The Labute approximate surface area is 106 Å². The highest BCUT2D eigenvalue weighted by molar-refractivity contribution is 7.16. The maximum atomic E-state index is 6.03. The molecular weight excluding hydrogens is 238 g/mol. The summed E-state index contributed by atoms with van der Waals surface area (Å²) in [4.78, 5) is 5.64. The summed E-state index contributed by atoms with van der Waals surface area (Å²) in [5.41, 5.74) is 1.13. The molecule has 0 radical (unpaired) electrons. The van der Waals surface area contributed by atoms with Crippen molar-refractivity contribution in [1.82, 2.24) is 4.98 Å². The molecule has 0 N–H and O–H groups in total. The van der Waals surface area contributed by atoms with Crippen molar-refractivity contribution in [2.75, 3.05) is 0 Å². The second kappa shape index (κ2) is 3.71. The van der Waals surface area contributed by atoms with Gasteiger partial charge in [0.05, 0.1) is 5.69 Å². The number of nitrogens with zero attached hydrogens (tertiary/aromatic N) is 1. The van der Waals surface area contributed by atoms with E-state index in [1.807, 2.05) is 12.2 Å². The molecule has 0 amide bonds. The van der Waals surface area contributed by atoms with E-state index in [4.69, 9.17) is 11.6 Å². The van der Waals surface area contributed by atoms with Gasteiger partial charge in [-0.15, -0.1) is 11.3 Å². The van der Waals surface area contributed by atoms with Crippen LogP contribution in [-0.4, -0.2) is 4.98 Å². The third kappa shape index (κ3) is 1.74. The van der Waals surface area contributed by atoms with Crippen LogP contribution < -0.4 is 0 Å². The fraction of sp³-hybridized carbons (Fsp3) is 0.462. The van der Waals surface area contributed by atoms with Gasteiger partial charge in [0.15, 0.2) is 4.47 Å². The average molecular weight is 254 g/mol. The Morgan fingerprint density at radius 2 is 2.00 bits per heavy atom. The van der Waals surface area contributed by atoms with Crippen molar-refractivity contribution in [3.8, 4) is 0 Å². The van der Waals surface area contributed by atoms with Gasteiger partial charge >= 0.3 is 0 Å². The number of thiazole rings is 1. The molecule has 2 rings (SSSR count). The van der Waals surface area contributed by atoms with Crippen molar-refractivity contribution in [3.05, 3.63) is 33.3 Å². The van der Waals surface area contributed by atoms with Crippen LogP contribution in [0.15, 0.2) is 18.2 Å². The first-order valence-electron chi connectivity index (χ1n) is 5.37. The lowest BCUT2D eigenvalue weighted by Gasteiger charge is -2.39. The Kier molecular flexibility index (Phi) is 2.75. The lowest BCUT2D eigenvalue weighted by Crippen LogP contribution is -2.34. The highest BCUT2D eigenvalue weighted by atomic mass is 35.5. The molecule has 1 unspecified atom stereocenters. The van der Waals surface area contributed by atoms with Gasteiger partial charge in [0.2, 0.25) is 0 Å². The first kappa shape index (κ1) is 11.9. The molecule has 0 aromatic carbocycles. The van der Waals surface area contributed by atoms with Crippen LogP contribution in [0.1, 0.15) is 38.3 Å². The molecule has 0 saturated heterocycles. The second-order valence-corrected chi connectivity index (χ2v) is 6.93. The van der Waals surface area contributed by atoms with Crippen molar-refractivity contribution in [3.63, 3.8) is 0 Å². The van der Waals surface area contributed by atoms with Gasteiger partial charge in [-0.2, -0.15) is 0 Å². The van der Waals surface area contributed by atoms with Crippen LogP contribution in [0, 0.1) is 5.41 Å². The topological polar surface area (TPSA) is 12.9 Å². The van der Waals surface area contributed by atoms with E-state index >= 15 is 0 Å². The van der Waals surface area contributed by atoms with E-state index in [2.05, 4.69) is 44.8 Å². The molecule has 1 atom stereocenters. The number of aromatic nitrogens is 1. The SMILES string of the molecule is CC(C)(C)C1(C)C=CC=Cc2nc(Cl)sc21. The zero-order valence-electron chi connectivity index (χ0n) is 10.0. The minimum Gasteiger partial charge on any atom is -0.225 e. The zero-order chi connectivity index (χ0) is 12.0. The minimum atomic E-state index is -0.0172. The van der Waals surface area contributed by atoms with E-state index in [0.717, 1.165) is 5.69 Å². The van der Waals surface area contributed by atoms with Gasteiger partial charge in [0.1, 0.15) is 0 Å². The Balaban J connectivity index is 2.66. The van der Waals surface area contributed by atoms with E-state index < -0.39 is 0 Å². The molecule has 0 spiro atoms. The smallest absolute Gasteiger partial charge is 0.184 e. The molecule has 1 aliphatic carbocycles. The van der Waals surface area contributed by atoms with Gasteiger partial charge in [0, 0.05) is 10.3 Å². The van der Waals surface area contributed by atoms with Crippen molar-refractivity contribution in [2.24, 2.45) is 5.41 Å². The summed E-state index contributed by atoms with van der Waals surface area (Å²) in [6.45, 7) is 9.00. The molecule has 0 bridgehead atoms. The Hall–Kier alpha value is -0.600. The van der Waals surface area contributed by atoms with Crippen LogP contribution in [0.25, 0.3) is 6.08 Å². The molecule has 1 aromatic heterocycles. The zero-order valence-corrected chi connectivity index (χ0v) is 11.6. The largest absolute Gasteiger partial charge is 0.225 e. The lowest BCUT2D eigenvalue weighted by atomic mass is 9.66. The van der Waals surface area contributed by atoms with E-state index in [0.29, 0.717) is 4.47 Å². The molecule has 0 fully saturated rings. The number of halogens is 1. The van der Waals surface area contributed by atoms with E-state index in [1.54, 1.807) is 11.3 Å². The number of fused-ring (bicyclic) bond motifs is 1. The molecule has 1 heterocycles. The standard InChI is InChI=1S/C13H16ClNS/c1-12(2,3)13(4)8-6-5-7-9-10(13)16-11(14)15-9/h5-8H,1-4H3. The second-order valence-electron chi connectivity index (χ2n) is 5.35. The van der Waals surface area contributed by atoms with Gasteiger partial charge in [0.25, 0.3) is 0 Å². The molecule has 0 aliphatic heterocycles. The maximum Gasteiger partial charge on any atom is 0.184 e. The number of hydrogen-bond donors (Lipinski definition) is 0. The summed E-state index contributed by atoms with van der Waals surface area (Å²) >= 11 is 7.62. The number of rotatable bonds is 0. The van der Waals surface area contributed by atoms with Crippen LogP contribution in [0.2, 0.25) is 4.47 Å². The average Bonchev–Trinajstić information content (AvgIpc) is 2.45. The minimum absolute atomic E-state index is 0.0172. The van der Waals surface area contributed by atoms with E-state index in [9.17, 15) is 0 Å². The fourth-order valence-corrected chi connectivity index (χ4v) is 3.29. The van der Waals surface area contributed by atoms with Crippen LogP contribution >= 0.6 is 22.9 Å². The van der Waals surface area contributed by atoms with Crippen LogP contribution in [0.4, 0.5) is 0 Å². The molecule has 1 aliphatic rings. The molecule has 86 valence electrons. The monoisotopic (exact) mass is 253 g/mol. The van der Waals surface area contributed by atoms with E-state index in [-0.39, 0.29) is 10.8 Å². The summed E-state index contributed by atoms with van der Waals surface area (Å²) in [5.74, 6) is 0. The van der Waals surface area contributed by atoms with Crippen molar-refractivity contribution < 1.29 is 0 Å². The highest BCUT2D eigenvalue weighted by Gasteiger charge is 2.40. The summed E-state index contributed by atoms with van der Waals surface area (Å²) < 4.78 is 0.625. The summed E-state index contributed by atoms with van der Waals surface area (Å²) in [5, 5.41) is 0. The van der Waals surface area contributed by atoms with Gasteiger partial charge in [-0.3, -0.25) is 0 Å². The van der Waals surface area contributed by atoms with Crippen LogP contribution in [0.5, 0.6) is 0 Å². The van der Waals surface area contributed by atoms with Gasteiger partial charge in [-0.05, 0) is 11.5 Å². The van der Waals surface area contributed by atoms with Crippen molar-refractivity contribution in [1.29, 1.82) is 0 Å². The van der Waals surface area contributed by atoms with Crippen molar-refractivity contribution in [2.45, 2.75) is 33.1 Å². The molecule has 1 aromatic rings. The molecular formula is C13H16ClNS. The Morgan fingerprint density at radius 1 is 1.31 bits per heavy atom. The number of hydrogen-bond acceptors (Lipinski definition) is 2. The third-order valence-electron chi connectivity index (χ3n) is 3.45. The van der Waals surface area contributed by atoms with Gasteiger partial charge in [-0.1, -0.05) is 57.5 Å². The summed E-state index contributed by atoms with van der Waals surface area (Å²) in [6.07, 6.45) is 8.43. The molecule has 0 saturated carbocycles. The first-order valence-corrected chi connectivity index (χ1v) is 6.57. The molecule has 1 nitrogen and oxygen atoms in total. The number of allylic oxidation sites excluding steroid dienone is 3. The Morgan fingerprint density at radius 3 is 2.62 bits per heavy atom. The molecule has 16 heavy (non-hydrogen) atoms. The molecule has 3 heteroatoms. The normalized spacial score (nSPS) is 24.3. The summed E-state index contributed by atoms with van der Waals surface area (Å²) in [7, 11) is 0. The third-order valence-corrected chi connectivity index (χ3v) is 4.86. The quantitative estimate of drug-likeness (QED) is 0.654. The first-order chi connectivity index (χ1) is 7.34.